The van der Waals surface area contributed by atoms with E-state index in [9.17, 15) is 0 Å². The van der Waals surface area contributed by atoms with Crippen LogP contribution in [-0.4, -0.2) is 22.8 Å². The molecule has 0 saturated heterocycles. The highest BCUT2D eigenvalue weighted by Crippen LogP contribution is 2.07. The van der Waals surface area contributed by atoms with Crippen LogP contribution in [-0.2, 0) is 0 Å². The number of aliphatic hydroxyl groups is 2. The first-order valence-corrected chi connectivity index (χ1v) is 2.58. The van der Waals surface area contributed by atoms with Crippen LogP contribution in [0.1, 0.15) is 6.92 Å². The summed E-state index contributed by atoms with van der Waals surface area (Å²) < 4.78 is 0. The molecule has 4 heteroatoms. The van der Waals surface area contributed by atoms with Crippen LogP contribution in [0.2, 0.25) is 0 Å². The predicted molar refractivity (Wildman–Crippen MR) is 33.0 cm³/mol. The Morgan fingerprint density at radius 2 is 2.44 bits per heavy atom. The number of hydrogen-bond donors (Lipinski definition) is 3. The van der Waals surface area contributed by atoms with Crippen molar-refractivity contribution in [1.29, 1.82) is 0 Å². The van der Waals surface area contributed by atoms with Gasteiger partial charge in [0.05, 0.1) is 6.34 Å². The Bertz CT molecular complexity index is 174. The van der Waals surface area contributed by atoms with Gasteiger partial charge < -0.3 is 15.5 Å². The number of aliphatic hydroxyl groups excluding tert-OH is 2. The third-order valence-electron chi connectivity index (χ3n) is 1.18. The molecule has 50 valence electrons. The van der Waals surface area contributed by atoms with Crippen LogP contribution in [0.4, 0.5) is 0 Å². The zero-order valence-corrected chi connectivity index (χ0v) is 5.00. The van der Waals surface area contributed by atoms with E-state index in [1.807, 2.05) is 0 Å². The van der Waals surface area contributed by atoms with E-state index in [0.29, 0.717) is 5.57 Å². The summed E-state index contributed by atoms with van der Waals surface area (Å²) in [6, 6.07) is 0. The second kappa shape index (κ2) is 2.06. The van der Waals surface area contributed by atoms with Crippen LogP contribution in [0.25, 0.3) is 0 Å². The highest BCUT2D eigenvalue weighted by Gasteiger charge is 2.11. The number of rotatable bonds is 0. The summed E-state index contributed by atoms with van der Waals surface area (Å²) in [4.78, 5) is 3.56. The fourth-order valence-corrected chi connectivity index (χ4v) is 0.517. The van der Waals surface area contributed by atoms with E-state index < -0.39 is 6.23 Å². The number of aliphatic imine (C=N–C) groups is 1. The average molecular weight is 128 g/mol. The van der Waals surface area contributed by atoms with Gasteiger partial charge in [0.25, 0.3) is 0 Å². The van der Waals surface area contributed by atoms with E-state index in [-0.39, 0.29) is 5.88 Å². The minimum atomic E-state index is -0.883. The van der Waals surface area contributed by atoms with Gasteiger partial charge in [-0.15, -0.1) is 0 Å². The minimum Gasteiger partial charge on any atom is -0.494 e. The molecule has 0 saturated carbocycles. The largest absolute Gasteiger partial charge is 0.494 e. The predicted octanol–water partition coefficient (Wildman–Crippen LogP) is -0.274. The maximum atomic E-state index is 8.89. The third kappa shape index (κ3) is 1.02. The van der Waals surface area contributed by atoms with Gasteiger partial charge in [0.15, 0.2) is 12.1 Å². The van der Waals surface area contributed by atoms with E-state index in [1.165, 1.54) is 6.34 Å². The first-order chi connectivity index (χ1) is 4.22. The van der Waals surface area contributed by atoms with E-state index in [4.69, 9.17) is 10.2 Å². The van der Waals surface area contributed by atoms with Crippen LogP contribution >= 0.6 is 0 Å². The molecule has 1 heterocycles. The summed E-state index contributed by atoms with van der Waals surface area (Å²) in [6.45, 7) is 1.60. The van der Waals surface area contributed by atoms with Crippen molar-refractivity contribution in [1.82, 2.24) is 5.32 Å². The smallest absolute Gasteiger partial charge is 0.192 e. The van der Waals surface area contributed by atoms with Gasteiger partial charge in [-0.3, -0.25) is 0 Å². The van der Waals surface area contributed by atoms with Crippen molar-refractivity contribution in [2.75, 3.05) is 0 Å². The molecule has 4 nitrogen and oxygen atoms in total. The molecule has 0 radical (unpaired) electrons. The van der Waals surface area contributed by atoms with Crippen LogP contribution in [0.15, 0.2) is 16.4 Å². The Balaban J connectivity index is 2.79. The lowest BCUT2D eigenvalue weighted by atomic mass is 10.2. The maximum absolute atomic E-state index is 8.89. The second-order valence-electron chi connectivity index (χ2n) is 1.83. The Kier molecular flexibility index (Phi) is 1.40. The summed E-state index contributed by atoms with van der Waals surface area (Å²) in [5.74, 6) is -0.0162. The quantitative estimate of drug-likeness (QED) is 0.420. The number of nitrogens with zero attached hydrogens (tertiary/aromatic N) is 1. The summed E-state index contributed by atoms with van der Waals surface area (Å²) >= 11 is 0. The molecule has 1 aliphatic rings. The van der Waals surface area contributed by atoms with E-state index in [0.717, 1.165) is 0 Å². The molecule has 0 aromatic carbocycles. The fraction of sp³-hybridized carbons (Fsp3) is 0.400. The molecule has 0 aliphatic carbocycles. The molecule has 1 atom stereocenters. The molecule has 0 spiro atoms. The molecule has 1 unspecified atom stereocenters. The zero-order chi connectivity index (χ0) is 6.85. The van der Waals surface area contributed by atoms with Crippen LogP contribution < -0.4 is 5.32 Å². The second-order valence-corrected chi connectivity index (χ2v) is 1.83. The van der Waals surface area contributed by atoms with Crippen molar-refractivity contribution in [3.63, 3.8) is 0 Å². The van der Waals surface area contributed by atoms with Crippen molar-refractivity contribution < 1.29 is 10.2 Å². The molecule has 3 N–H and O–H groups in total. The lowest BCUT2D eigenvalue weighted by Gasteiger charge is -2.12. The van der Waals surface area contributed by atoms with Crippen molar-refractivity contribution in [2.24, 2.45) is 4.99 Å². The van der Waals surface area contributed by atoms with Crippen LogP contribution in [0, 0.1) is 0 Å². The van der Waals surface area contributed by atoms with E-state index in [1.54, 1.807) is 6.92 Å². The molecule has 0 bridgehead atoms. The lowest BCUT2D eigenvalue weighted by Crippen LogP contribution is -2.23. The summed E-state index contributed by atoms with van der Waals surface area (Å²) in [7, 11) is 0. The normalized spacial score (nSPS) is 26.2. The van der Waals surface area contributed by atoms with Gasteiger partial charge in [0, 0.05) is 5.57 Å². The minimum absolute atomic E-state index is 0.0162. The Hall–Kier alpha value is -1.03. The zero-order valence-electron chi connectivity index (χ0n) is 5.00. The Morgan fingerprint density at radius 1 is 1.78 bits per heavy atom. The SMILES string of the molecule is CC1=C(O)NC=NC1O. The molecule has 0 aromatic rings. The highest BCUT2D eigenvalue weighted by molar-refractivity contribution is 5.59. The first kappa shape index (κ1) is 6.10. The van der Waals surface area contributed by atoms with Gasteiger partial charge in [0.2, 0.25) is 0 Å². The number of hydrogen-bond acceptors (Lipinski definition) is 4. The first-order valence-electron chi connectivity index (χ1n) is 2.58. The molecule has 0 fully saturated rings. The summed E-state index contributed by atoms with van der Waals surface area (Å²) in [6.07, 6.45) is 0.374. The summed E-state index contributed by atoms with van der Waals surface area (Å²) in [5, 5.41) is 20.2. The van der Waals surface area contributed by atoms with E-state index in [2.05, 4.69) is 10.3 Å². The highest BCUT2D eigenvalue weighted by atomic mass is 16.3. The maximum Gasteiger partial charge on any atom is 0.192 e. The molecule has 1 aliphatic heterocycles. The molecular weight excluding hydrogens is 120 g/mol. The van der Waals surface area contributed by atoms with Crippen LogP contribution in [0.3, 0.4) is 0 Å². The van der Waals surface area contributed by atoms with Crippen molar-refractivity contribution in [3.05, 3.63) is 11.5 Å². The Labute approximate surface area is 52.5 Å². The van der Waals surface area contributed by atoms with Gasteiger partial charge in [-0.25, -0.2) is 4.99 Å². The van der Waals surface area contributed by atoms with Gasteiger partial charge in [0.1, 0.15) is 0 Å². The van der Waals surface area contributed by atoms with Crippen LogP contribution in [0.5, 0.6) is 0 Å². The fourth-order valence-electron chi connectivity index (χ4n) is 0.517. The number of nitrogens with one attached hydrogen (secondary N) is 1. The molecule has 1 rings (SSSR count). The third-order valence-corrected chi connectivity index (χ3v) is 1.18. The topological polar surface area (TPSA) is 64.8 Å². The molecule has 0 aromatic heterocycles. The van der Waals surface area contributed by atoms with Crippen molar-refractivity contribution in [3.8, 4) is 0 Å². The van der Waals surface area contributed by atoms with Gasteiger partial charge in [-0.2, -0.15) is 0 Å². The molecule has 9 heavy (non-hydrogen) atoms. The van der Waals surface area contributed by atoms with Crippen molar-refractivity contribution >= 4 is 6.34 Å². The summed E-state index contributed by atoms with van der Waals surface area (Å²) in [5.41, 5.74) is 0.442. The Morgan fingerprint density at radius 3 is 2.89 bits per heavy atom. The van der Waals surface area contributed by atoms with Gasteiger partial charge >= 0.3 is 0 Å². The van der Waals surface area contributed by atoms with Gasteiger partial charge in [-0.1, -0.05) is 0 Å². The van der Waals surface area contributed by atoms with Gasteiger partial charge in [-0.05, 0) is 6.92 Å². The van der Waals surface area contributed by atoms with E-state index >= 15 is 0 Å². The monoisotopic (exact) mass is 128 g/mol. The van der Waals surface area contributed by atoms with Crippen molar-refractivity contribution in [2.45, 2.75) is 13.2 Å². The lowest BCUT2D eigenvalue weighted by molar-refractivity contribution is 0.206. The molecule has 0 amide bonds. The average Bonchev–Trinajstić information content (AvgIpc) is 1.83. The standard InChI is InChI=1S/C5H8N2O2/c1-3-4(8)6-2-7-5(3)9/h2,4,8-9H,1H3,(H,6,7). The molecular formula is C5H8N2O2.